The van der Waals surface area contributed by atoms with Crippen LogP contribution in [0.4, 0.5) is 0 Å². The van der Waals surface area contributed by atoms with Gasteiger partial charge in [0, 0.05) is 6.54 Å². The van der Waals surface area contributed by atoms with Crippen molar-refractivity contribution in [1.82, 2.24) is 0 Å². The molecule has 2 N–H and O–H groups in total. The molecule has 0 aliphatic carbocycles. The lowest BCUT2D eigenvalue weighted by molar-refractivity contribution is 1.03. The van der Waals surface area contributed by atoms with Crippen molar-refractivity contribution in [3.8, 4) is 11.1 Å². The Hall–Kier alpha value is -1.31. The molecule has 0 saturated heterocycles. The summed E-state index contributed by atoms with van der Waals surface area (Å²) in [6.07, 6.45) is 0. The normalized spacial score (nSPS) is 9.82. The largest absolute Gasteiger partial charge is 0.326 e. The van der Waals surface area contributed by atoms with Crippen LogP contribution in [0.25, 0.3) is 11.1 Å². The first-order chi connectivity index (χ1) is 7.72. The van der Waals surface area contributed by atoms with Gasteiger partial charge >= 0.3 is 0 Å². The van der Waals surface area contributed by atoms with Crippen LogP contribution < -0.4 is 5.73 Å². The number of nitrogens with two attached hydrogens (primary N) is 1. The fourth-order valence-corrected chi connectivity index (χ4v) is 2.11. The van der Waals surface area contributed by atoms with Gasteiger partial charge in [0.25, 0.3) is 0 Å². The Bertz CT molecular complexity index is 469. The second-order valence-corrected chi connectivity index (χ2v) is 4.16. The van der Waals surface area contributed by atoms with Gasteiger partial charge in [0.2, 0.25) is 0 Å². The van der Waals surface area contributed by atoms with Crippen molar-refractivity contribution in [3.63, 3.8) is 0 Å². The van der Waals surface area contributed by atoms with E-state index < -0.39 is 0 Å². The average molecular weight is 248 g/mol. The lowest BCUT2D eigenvalue weighted by atomic mass is 9.96. The highest BCUT2D eigenvalue weighted by Gasteiger charge is 2.04. The van der Waals surface area contributed by atoms with Gasteiger partial charge in [-0.2, -0.15) is 0 Å². The zero-order valence-electron chi connectivity index (χ0n) is 10.2. The van der Waals surface area contributed by atoms with E-state index in [-0.39, 0.29) is 12.4 Å². The summed E-state index contributed by atoms with van der Waals surface area (Å²) in [5, 5.41) is 0. The van der Waals surface area contributed by atoms with E-state index in [1.807, 2.05) is 6.07 Å². The van der Waals surface area contributed by atoms with Gasteiger partial charge in [-0.15, -0.1) is 12.4 Å². The van der Waals surface area contributed by atoms with E-state index in [0.717, 1.165) is 0 Å². The lowest BCUT2D eigenvalue weighted by Gasteiger charge is -2.11. The number of benzene rings is 2. The molecule has 0 aromatic heterocycles. The highest BCUT2D eigenvalue weighted by atomic mass is 35.5. The molecule has 0 fully saturated rings. The number of rotatable bonds is 2. The summed E-state index contributed by atoms with van der Waals surface area (Å²) in [7, 11) is 0. The Morgan fingerprint density at radius 3 is 1.88 bits per heavy atom. The van der Waals surface area contributed by atoms with Crippen LogP contribution >= 0.6 is 12.4 Å². The van der Waals surface area contributed by atoms with Gasteiger partial charge in [-0.1, -0.05) is 42.5 Å². The minimum atomic E-state index is 0. The van der Waals surface area contributed by atoms with E-state index in [2.05, 4.69) is 50.2 Å². The van der Waals surface area contributed by atoms with Crippen molar-refractivity contribution in [2.24, 2.45) is 5.73 Å². The van der Waals surface area contributed by atoms with Gasteiger partial charge in [-0.3, -0.25) is 0 Å². The van der Waals surface area contributed by atoms with Crippen molar-refractivity contribution in [2.75, 3.05) is 0 Å². The molecule has 2 rings (SSSR count). The molecule has 0 heterocycles. The summed E-state index contributed by atoms with van der Waals surface area (Å²) in [6.45, 7) is 4.87. The second-order valence-electron chi connectivity index (χ2n) is 4.16. The monoisotopic (exact) mass is 247 g/mol. The Labute approximate surface area is 109 Å². The van der Waals surface area contributed by atoms with Gasteiger partial charge in [0.15, 0.2) is 0 Å². The standard InChI is InChI=1S/C15H17N.ClH/c1-11-8-14(9-12(2)15(11)10-16)13-6-4-3-5-7-13;/h3-9H,10,16H2,1-2H3;1H. The molecule has 0 bridgehead atoms. The van der Waals surface area contributed by atoms with Crippen LogP contribution in [0.3, 0.4) is 0 Å². The molecule has 0 aliphatic heterocycles. The first-order valence-electron chi connectivity index (χ1n) is 5.58. The fourth-order valence-electron chi connectivity index (χ4n) is 2.11. The van der Waals surface area contributed by atoms with Crippen LogP contribution in [0.5, 0.6) is 0 Å². The first kappa shape index (κ1) is 13.8. The first-order valence-corrected chi connectivity index (χ1v) is 5.58. The summed E-state index contributed by atoms with van der Waals surface area (Å²) in [6, 6.07) is 14.9. The summed E-state index contributed by atoms with van der Waals surface area (Å²) in [5.41, 5.74) is 12.1. The highest BCUT2D eigenvalue weighted by Crippen LogP contribution is 2.24. The van der Waals surface area contributed by atoms with E-state index in [1.54, 1.807) is 0 Å². The molecule has 17 heavy (non-hydrogen) atoms. The fraction of sp³-hybridized carbons (Fsp3) is 0.200. The Morgan fingerprint density at radius 2 is 1.41 bits per heavy atom. The van der Waals surface area contributed by atoms with Crippen LogP contribution in [-0.4, -0.2) is 0 Å². The molecule has 1 nitrogen and oxygen atoms in total. The van der Waals surface area contributed by atoms with Crippen LogP contribution in [-0.2, 0) is 6.54 Å². The van der Waals surface area contributed by atoms with Gasteiger partial charge in [0.1, 0.15) is 0 Å². The van der Waals surface area contributed by atoms with Gasteiger partial charge in [0.05, 0.1) is 0 Å². The second kappa shape index (κ2) is 5.85. The molecule has 0 atom stereocenters. The maximum absolute atomic E-state index is 5.74. The molecule has 0 radical (unpaired) electrons. The summed E-state index contributed by atoms with van der Waals surface area (Å²) < 4.78 is 0. The van der Waals surface area contributed by atoms with Crippen molar-refractivity contribution in [3.05, 3.63) is 59.2 Å². The Balaban J connectivity index is 0.00000144. The smallest absolute Gasteiger partial charge is 0.0183 e. The third-order valence-corrected chi connectivity index (χ3v) is 3.01. The van der Waals surface area contributed by atoms with Crippen molar-refractivity contribution in [1.29, 1.82) is 0 Å². The predicted molar refractivity (Wildman–Crippen MR) is 76.5 cm³/mol. The number of halogens is 1. The topological polar surface area (TPSA) is 26.0 Å². The van der Waals surface area contributed by atoms with Gasteiger partial charge < -0.3 is 5.73 Å². The maximum Gasteiger partial charge on any atom is 0.0183 e. The average Bonchev–Trinajstić information content (AvgIpc) is 2.30. The summed E-state index contributed by atoms with van der Waals surface area (Å²) >= 11 is 0. The third-order valence-electron chi connectivity index (χ3n) is 3.01. The van der Waals surface area contributed by atoms with E-state index in [4.69, 9.17) is 5.73 Å². The van der Waals surface area contributed by atoms with Crippen LogP contribution in [0.1, 0.15) is 16.7 Å². The third kappa shape index (κ3) is 2.87. The van der Waals surface area contributed by atoms with Gasteiger partial charge in [-0.25, -0.2) is 0 Å². The molecule has 0 saturated carbocycles. The molecular formula is C15H18ClN. The molecule has 2 aromatic carbocycles. The van der Waals surface area contributed by atoms with Crippen molar-refractivity contribution < 1.29 is 0 Å². The van der Waals surface area contributed by atoms with E-state index >= 15 is 0 Å². The van der Waals surface area contributed by atoms with Gasteiger partial charge in [-0.05, 0) is 41.7 Å². The maximum atomic E-state index is 5.74. The Kier molecular flexibility index (Phi) is 4.73. The molecule has 0 spiro atoms. The van der Waals surface area contributed by atoms with Crippen LogP contribution in [0.2, 0.25) is 0 Å². The lowest BCUT2D eigenvalue weighted by Crippen LogP contribution is -2.02. The SMILES string of the molecule is Cc1cc(-c2ccccc2)cc(C)c1CN.Cl. The van der Waals surface area contributed by atoms with E-state index in [0.29, 0.717) is 6.54 Å². The quantitative estimate of drug-likeness (QED) is 0.857. The Morgan fingerprint density at radius 1 is 0.882 bits per heavy atom. The molecule has 0 unspecified atom stereocenters. The van der Waals surface area contributed by atoms with E-state index in [1.165, 1.54) is 27.8 Å². The summed E-state index contributed by atoms with van der Waals surface area (Å²) in [5.74, 6) is 0. The molecule has 0 amide bonds. The zero-order chi connectivity index (χ0) is 11.5. The van der Waals surface area contributed by atoms with Crippen molar-refractivity contribution >= 4 is 12.4 Å². The van der Waals surface area contributed by atoms with E-state index in [9.17, 15) is 0 Å². The molecule has 90 valence electrons. The summed E-state index contributed by atoms with van der Waals surface area (Å²) in [4.78, 5) is 0. The number of aryl methyl sites for hydroxylation is 2. The molecule has 0 aliphatic rings. The zero-order valence-corrected chi connectivity index (χ0v) is 11.1. The molecule has 2 heteroatoms. The number of hydrogen-bond acceptors (Lipinski definition) is 1. The molecular weight excluding hydrogens is 230 g/mol. The highest BCUT2D eigenvalue weighted by molar-refractivity contribution is 5.85. The predicted octanol–water partition coefficient (Wildman–Crippen LogP) is 3.85. The minimum absolute atomic E-state index is 0. The number of hydrogen-bond donors (Lipinski definition) is 1. The van der Waals surface area contributed by atoms with Crippen molar-refractivity contribution in [2.45, 2.75) is 20.4 Å². The van der Waals surface area contributed by atoms with Crippen LogP contribution in [0, 0.1) is 13.8 Å². The molecule has 2 aromatic rings. The minimum Gasteiger partial charge on any atom is -0.326 e. The van der Waals surface area contributed by atoms with Crippen LogP contribution in [0.15, 0.2) is 42.5 Å².